The Labute approximate surface area is 121 Å². The van der Waals surface area contributed by atoms with Crippen LogP contribution in [0.15, 0.2) is 10.3 Å². The maximum Gasteiger partial charge on any atom is 0.347 e. The molecule has 2 atom stereocenters. The van der Waals surface area contributed by atoms with E-state index >= 15 is 0 Å². The Bertz CT molecular complexity index is 607. The summed E-state index contributed by atoms with van der Waals surface area (Å²) in [4.78, 5) is 10.9. The molecule has 8 heteroatoms. The number of rotatable bonds is 5. The van der Waals surface area contributed by atoms with E-state index in [2.05, 4.69) is 4.72 Å². The minimum atomic E-state index is -3.85. The van der Waals surface area contributed by atoms with Crippen LogP contribution in [0.2, 0.25) is 0 Å². The van der Waals surface area contributed by atoms with Crippen molar-refractivity contribution >= 4 is 27.3 Å². The molecule has 2 N–H and O–H groups in total. The predicted molar refractivity (Wildman–Crippen MR) is 74.8 cm³/mol. The van der Waals surface area contributed by atoms with Crippen molar-refractivity contribution < 1.29 is 23.1 Å². The number of hydrogen-bond donors (Lipinski definition) is 2. The number of carboxylic acid groups (broad SMARTS) is 1. The van der Waals surface area contributed by atoms with Crippen molar-refractivity contribution in [1.29, 1.82) is 0 Å². The highest BCUT2D eigenvalue weighted by molar-refractivity contribution is 7.89. The third kappa shape index (κ3) is 2.88. The molecule has 20 heavy (non-hydrogen) atoms. The summed E-state index contributed by atoms with van der Waals surface area (Å²) >= 11 is 0.926. The molecule has 0 amide bonds. The lowest BCUT2D eigenvalue weighted by Gasteiger charge is -2.19. The molecule has 112 valence electrons. The van der Waals surface area contributed by atoms with E-state index in [1.807, 2.05) is 0 Å². The Kier molecular flexibility index (Phi) is 4.48. The fraction of sp³-hybridized carbons (Fsp3) is 0.583. The van der Waals surface area contributed by atoms with Gasteiger partial charge in [-0.15, -0.1) is 11.3 Å². The lowest BCUT2D eigenvalue weighted by Crippen LogP contribution is -2.41. The zero-order valence-corrected chi connectivity index (χ0v) is 12.9. The number of carboxylic acids is 1. The molecular formula is C12H17NO5S2. The Hall–Kier alpha value is -0.960. The first kappa shape index (κ1) is 15.4. The van der Waals surface area contributed by atoms with Crippen molar-refractivity contribution in [2.75, 3.05) is 7.11 Å². The highest BCUT2D eigenvalue weighted by Crippen LogP contribution is 2.29. The molecule has 1 aromatic rings. The van der Waals surface area contributed by atoms with Crippen molar-refractivity contribution in [2.24, 2.45) is 0 Å². The van der Waals surface area contributed by atoms with Crippen LogP contribution < -0.4 is 4.72 Å². The van der Waals surface area contributed by atoms with Crippen LogP contribution in [0.3, 0.4) is 0 Å². The molecule has 0 aromatic carbocycles. The Morgan fingerprint density at radius 3 is 2.80 bits per heavy atom. The molecule has 1 aliphatic carbocycles. The summed E-state index contributed by atoms with van der Waals surface area (Å²) in [6.07, 6.45) is 2.23. The van der Waals surface area contributed by atoms with Gasteiger partial charge in [-0.2, -0.15) is 0 Å². The second kappa shape index (κ2) is 5.80. The standard InChI is InChI=1S/C12H17NO5S2/c1-7-6-19-10(12(14)15)11(7)20(16,17)13-8-4-3-5-9(8)18-2/h6,8-9,13H,3-5H2,1-2H3,(H,14,15). The number of methoxy groups -OCH3 is 1. The highest BCUT2D eigenvalue weighted by atomic mass is 32.2. The van der Waals surface area contributed by atoms with Crippen molar-refractivity contribution in [3.63, 3.8) is 0 Å². The first-order valence-electron chi connectivity index (χ1n) is 6.23. The van der Waals surface area contributed by atoms with Gasteiger partial charge in [0.2, 0.25) is 10.0 Å². The number of carbonyl (C=O) groups is 1. The molecule has 2 unspecified atom stereocenters. The monoisotopic (exact) mass is 319 g/mol. The first-order valence-corrected chi connectivity index (χ1v) is 8.59. The summed E-state index contributed by atoms with van der Waals surface area (Å²) in [7, 11) is -2.30. The third-order valence-corrected chi connectivity index (χ3v) is 6.33. The maximum absolute atomic E-state index is 12.4. The van der Waals surface area contributed by atoms with Crippen molar-refractivity contribution in [1.82, 2.24) is 4.72 Å². The SMILES string of the molecule is COC1CCCC1NS(=O)(=O)c1c(C)csc1C(=O)O. The van der Waals surface area contributed by atoms with E-state index in [9.17, 15) is 13.2 Å². The van der Waals surface area contributed by atoms with E-state index in [0.717, 1.165) is 24.2 Å². The number of nitrogens with one attached hydrogen (secondary N) is 1. The maximum atomic E-state index is 12.4. The molecule has 2 rings (SSSR count). The zero-order valence-electron chi connectivity index (χ0n) is 11.3. The molecule has 1 fully saturated rings. The summed E-state index contributed by atoms with van der Waals surface area (Å²) in [5.74, 6) is -1.22. The van der Waals surface area contributed by atoms with Gasteiger partial charge in [0.05, 0.1) is 6.10 Å². The van der Waals surface area contributed by atoms with Gasteiger partial charge >= 0.3 is 5.97 Å². The van der Waals surface area contributed by atoms with Crippen molar-refractivity contribution in [3.05, 3.63) is 15.8 Å². The second-order valence-electron chi connectivity index (χ2n) is 4.81. The summed E-state index contributed by atoms with van der Waals surface area (Å²) in [6, 6.07) is -0.300. The Morgan fingerprint density at radius 1 is 1.50 bits per heavy atom. The number of ether oxygens (including phenoxy) is 1. The van der Waals surface area contributed by atoms with Gasteiger partial charge in [-0.3, -0.25) is 0 Å². The molecule has 0 saturated heterocycles. The van der Waals surface area contributed by atoms with Gasteiger partial charge in [0.1, 0.15) is 9.77 Å². The quantitative estimate of drug-likeness (QED) is 0.860. The smallest absolute Gasteiger partial charge is 0.347 e. The van der Waals surface area contributed by atoms with E-state index in [-0.39, 0.29) is 21.9 Å². The Morgan fingerprint density at radius 2 is 2.20 bits per heavy atom. The van der Waals surface area contributed by atoms with Crippen LogP contribution >= 0.6 is 11.3 Å². The number of sulfonamides is 1. The van der Waals surface area contributed by atoms with Crippen molar-refractivity contribution in [2.45, 2.75) is 43.2 Å². The molecule has 0 radical (unpaired) electrons. The summed E-state index contributed by atoms with van der Waals surface area (Å²) in [6.45, 7) is 1.60. The van der Waals surface area contributed by atoms with Crippen LogP contribution in [-0.2, 0) is 14.8 Å². The number of aryl methyl sites for hydroxylation is 1. The van der Waals surface area contributed by atoms with Crippen molar-refractivity contribution in [3.8, 4) is 0 Å². The number of hydrogen-bond acceptors (Lipinski definition) is 5. The zero-order chi connectivity index (χ0) is 14.9. The molecule has 0 aliphatic heterocycles. The lowest BCUT2D eigenvalue weighted by atomic mass is 10.2. The molecule has 1 aromatic heterocycles. The van der Waals surface area contributed by atoms with Gasteiger partial charge in [-0.25, -0.2) is 17.9 Å². The van der Waals surface area contributed by atoms with E-state index < -0.39 is 16.0 Å². The van der Waals surface area contributed by atoms with E-state index in [1.54, 1.807) is 19.4 Å². The molecule has 1 saturated carbocycles. The minimum absolute atomic E-state index is 0.128. The van der Waals surface area contributed by atoms with Crippen LogP contribution in [-0.4, -0.2) is 38.7 Å². The van der Waals surface area contributed by atoms with Gasteiger partial charge in [0.15, 0.2) is 0 Å². The summed E-state index contributed by atoms with van der Waals surface area (Å²) in [5.41, 5.74) is 0.451. The average Bonchev–Trinajstić information content (AvgIpc) is 2.94. The van der Waals surface area contributed by atoms with Gasteiger partial charge in [-0.05, 0) is 37.1 Å². The first-order chi connectivity index (χ1) is 9.36. The Balaban J connectivity index is 2.31. The molecule has 0 spiro atoms. The fourth-order valence-corrected chi connectivity index (χ4v) is 5.45. The van der Waals surface area contributed by atoms with E-state index in [4.69, 9.17) is 9.84 Å². The van der Waals surface area contributed by atoms with Crippen LogP contribution in [0.5, 0.6) is 0 Å². The number of aromatic carboxylic acids is 1. The topological polar surface area (TPSA) is 92.7 Å². The van der Waals surface area contributed by atoms with Crippen LogP contribution in [0.25, 0.3) is 0 Å². The highest BCUT2D eigenvalue weighted by Gasteiger charge is 2.34. The van der Waals surface area contributed by atoms with Gasteiger partial charge < -0.3 is 9.84 Å². The van der Waals surface area contributed by atoms with Gasteiger partial charge in [-0.1, -0.05) is 0 Å². The third-order valence-electron chi connectivity index (χ3n) is 3.44. The minimum Gasteiger partial charge on any atom is -0.477 e. The van der Waals surface area contributed by atoms with Crippen LogP contribution in [0.1, 0.15) is 34.5 Å². The van der Waals surface area contributed by atoms with Crippen LogP contribution in [0.4, 0.5) is 0 Å². The number of thiophene rings is 1. The largest absolute Gasteiger partial charge is 0.477 e. The molecule has 1 aliphatic rings. The van der Waals surface area contributed by atoms with Gasteiger partial charge in [0, 0.05) is 13.2 Å². The summed E-state index contributed by atoms with van der Waals surface area (Å²) in [5, 5.41) is 10.6. The van der Waals surface area contributed by atoms with E-state index in [0.29, 0.717) is 12.0 Å². The second-order valence-corrected chi connectivity index (χ2v) is 7.35. The molecule has 1 heterocycles. The van der Waals surface area contributed by atoms with Gasteiger partial charge in [0.25, 0.3) is 0 Å². The fourth-order valence-electron chi connectivity index (χ4n) is 2.52. The summed E-state index contributed by atoms with van der Waals surface area (Å²) < 4.78 is 32.7. The predicted octanol–water partition coefficient (Wildman–Crippen LogP) is 1.60. The van der Waals surface area contributed by atoms with E-state index in [1.165, 1.54) is 0 Å². The average molecular weight is 319 g/mol. The van der Waals surface area contributed by atoms with Crippen LogP contribution in [0, 0.1) is 6.92 Å². The normalized spacial score (nSPS) is 23.1. The molecule has 0 bridgehead atoms. The molecular weight excluding hydrogens is 302 g/mol. The lowest BCUT2D eigenvalue weighted by molar-refractivity contribution is 0.0698. The molecule has 6 nitrogen and oxygen atoms in total.